The van der Waals surface area contributed by atoms with E-state index in [4.69, 9.17) is 9.47 Å². The Morgan fingerprint density at radius 3 is 2.70 bits per heavy atom. The van der Waals surface area contributed by atoms with Crippen LogP contribution in [0.4, 0.5) is 0 Å². The molecule has 0 N–H and O–H groups in total. The summed E-state index contributed by atoms with van der Waals surface area (Å²) in [7, 11) is 0. The van der Waals surface area contributed by atoms with Crippen LogP contribution in [0.5, 0.6) is 0 Å². The van der Waals surface area contributed by atoms with Crippen LogP contribution in [0, 0.1) is 18.8 Å². The van der Waals surface area contributed by atoms with Gasteiger partial charge in [-0.2, -0.15) is 4.57 Å². The number of benzene rings is 1. The van der Waals surface area contributed by atoms with Crippen LogP contribution < -0.4 is 11.2 Å². The summed E-state index contributed by atoms with van der Waals surface area (Å²) in [6, 6.07) is 8.41. The Labute approximate surface area is 175 Å². The standard InChI is InChI=1S/C23H28N2O5/c1-16-14-24(15-19-13-18(19)10-12-30-20-9-5-6-11-29-20)23(28)25(21(16)26)22(27)17-7-3-2-4-8-17/h2-4,7-8,14,18-20H,5-6,9-13,15H2,1H3/t18-,19-,20?/m1/s1. The molecule has 160 valence electrons. The smallest absolute Gasteiger partial charge is 0.338 e. The highest BCUT2D eigenvalue weighted by Crippen LogP contribution is 2.42. The molecule has 3 atom stereocenters. The summed E-state index contributed by atoms with van der Waals surface area (Å²) in [5.74, 6) is 0.262. The highest BCUT2D eigenvalue weighted by atomic mass is 16.7. The van der Waals surface area contributed by atoms with Crippen molar-refractivity contribution in [2.45, 2.75) is 51.9 Å². The summed E-state index contributed by atoms with van der Waals surface area (Å²) < 4.78 is 13.7. The molecule has 0 spiro atoms. The lowest BCUT2D eigenvalue weighted by molar-refractivity contribution is -0.163. The highest BCUT2D eigenvalue weighted by molar-refractivity contribution is 5.95. The van der Waals surface area contributed by atoms with Gasteiger partial charge in [0.05, 0.1) is 6.61 Å². The minimum absolute atomic E-state index is 0.0752. The fourth-order valence-electron chi connectivity index (χ4n) is 4.09. The predicted molar refractivity (Wildman–Crippen MR) is 112 cm³/mol. The minimum Gasteiger partial charge on any atom is -0.353 e. The second-order valence-electron chi connectivity index (χ2n) is 8.27. The molecule has 7 nitrogen and oxygen atoms in total. The van der Waals surface area contributed by atoms with Crippen molar-refractivity contribution in [2.75, 3.05) is 13.2 Å². The number of aryl methyl sites for hydroxylation is 1. The van der Waals surface area contributed by atoms with Crippen molar-refractivity contribution in [2.24, 2.45) is 11.8 Å². The van der Waals surface area contributed by atoms with E-state index in [1.165, 1.54) is 4.57 Å². The number of hydrogen-bond acceptors (Lipinski definition) is 5. The molecule has 2 aliphatic rings. The van der Waals surface area contributed by atoms with Gasteiger partial charge in [-0.15, -0.1) is 0 Å². The van der Waals surface area contributed by atoms with Crippen LogP contribution in [-0.4, -0.2) is 34.5 Å². The largest absolute Gasteiger partial charge is 0.353 e. The molecule has 4 rings (SSSR count). The molecule has 30 heavy (non-hydrogen) atoms. The quantitative estimate of drug-likeness (QED) is 0.698. The second kappa shape index (κ2) is 9.10. The summed E-state index contributed by atoms with van der Waals surface area (Å²) in [5, 5.41) is 0. The summed E-state index contributed by atoms with van der Waals surface area (Å²) in [5.41, 5.74) is -0.426. The van der Waals surface area contributed by atoms with Gasteiger partial charge in [0.2, 0.25) is 0 Å². The molecular formula is C23H28N2O5. The van der Waals surface area contributed by atoms with Gasteiger partial charge in [0.1, 0.15) is 0 Å². The lowest BCUT2D eigenvalue weighted by Crippen LogP contribution is -2.44. The molecule has 1 saturated heterocycles. The topological polar surface area (TPSA) is 79.5 Å². The highest BCUT2D eigenvalue weighted by Gasteiger charge is 2.37. The van der Waals surface area contributed by atoms with Gasteiger partial charge in [0.15, 0.2) is 6.29 Å². The number of nitrogens with zero attached hydrogens (tertiary/aromatic N) is 2. The van der Waals surface area contributed by atoms with Gasteiger partial charge in [0, 0.05) is 30.5 Å². The fourth-order valence-corrected chi connectivity index (χ4v) is 4.09. The van der Waals surface area contributed by atoms with Crippen molar-refractivity contribution in [3.05, 3.63) is 68.5 Å². The molecule has 1 aliphatic carbocycles. The maximum absolute atomic E-state index is 12.9. The number of hydrogen-bond donors (Lipinski definition) is 0. The Balaban J connectivity index is 1.40. The average Bonchev–Trinajstić information content (AvgIpc) is 3.51. The van der Waals surface area contributed by atoms with E-state index in [2.05, 4.69) is 0 Å². The number of ether oxygens (including phenoxy) is 2. The maximum atomic E-state index is 12.9. The van der Waals surface area contributed by atoms with E-state index >= 15 is 0 Å². The van der Waals surface area contributed by atoms with Crippen molar-refractivity contribution in [1.29, 1.82) is 0 Å². The zero-order chi connectivity index (χ0) is 21.1. The van der Waals surface area contributed by atoms with Crippen molar-refractivity contribution in [1.82, 2.24) is 9.13 Å². The van der Waals surface area contributed by atoms with Crippen LogP contribution >= 0.6 is 0 Å². The summed E-state index contributed by atoms with van der Waals surface area (Å²) >= 11 is 0. The SMILES string of the molecule is Cc1cn(C[C@H]2C[C@H]2CCOC2CCCCO2)c(=O)n(C(=O)c2ccccc2)c1=O. The molecule has 1 saturated carbocycles. The molecule has 1 aromatic heterocycles. The van der Waals surface area contributed by atoms with Crippen LogP contribution in [0.25, 0.3) is 0 Å². The Morgan fingerprint density at radius 2 is 1.97 bits per heavy atom. The molecule has 2 fully saturated rings. The normalized spacial score (nSPS) is 23.3. The number of carbonyl (C=O) groups excluding carboxylic acids is 1. The fraction of sp³-hybridized carbons (Fsp3) is 0.522. The van der Waals surface area contributed by atoms with Crippen molar-refractivity contribution >= 4 is 5.91 Å². The third-order valence-corrected chi connectivity index (χ3v) is 5.98. The summed E-state index contributed by atoms with van der Waals surface area (Å²) in [4.78, 5) is 38.2. The Hall–Kier alpha value is -2.51. The van der Waals surface area contributed by atoms with Crippen molar-refractivity contribution in [3.8, 4) is 0 Å². The van der Waals surface area contributed by atoms with E-state index in [9.17, 15) is 14.4 Å². The first-order valence-electron chi connectivity index (χ1n) is 10.7. The predicted octanol–water partition coefficient (Wildman–Crippen LogP) is 2.58. The van der Waals surface area contributed by atoms with E-state index in [0.29, 0.717) is 36.1 Å². The molecule has 2 heterocycles. The molecule has 7 heteroatoms. The van der Waals surface area contributed by atoms with Crippen molar-refractivity contribution in [3.63, 3.8) is 0 Å². The molecule has 0 amide bonds. The van der Waals surface area contributed by atoms with Gasteiger partial charge in [0.25, 0.3) is 11.5 Å². The van der Waals surface area contributed by atoms with E-state index in [1.54, 1.807) is 43.5 Å². The van der Waals surface area contributed by atoms with Gasteiger partial charge >= 0.3 is 5.69 Å². The zero-order valence-electron chi connectivity index (χ0n) is 17.3. The number of aromatic nitrogens is 2. The number of carbonyl (C=O) groups is 1. The Kier molecular flexibility index (Phi) is 6.29. The van der Waals surface area contributed by atoms with Gasteiger partial charge in [-0.25, -0.2) is 4.79 Å². The lowest BCUT2D eigenvalue weighted by Gasteiger charge is -2.22. The van der Waals surface area contributed by atoms with Crippen LogP contribution in [0.15, 0.2) is 46.1 Å². The molecular weight excluding hydrogens is 384 g/mol. The Bertz CT molecular complexity index is 1000. The van der Waals surface area contributed by atoms with Crippen molar-refractivity contribution < 1.29 is 14.3 Å². The third kappa shape index (κ3) is 4.63. The monoisotopic (exact) mass is 412 g/mol. The van der Waals surface area contributed by atoms with Crippen LogP contribution in [0.1, 0.15) is 48.0 Å². The van der Waals surface area contributed by atoms with Crippen LogP contribution in [0.2, 0.25) is 0 Å². The summed E-state index contributed by atoms with van der Waals surface area (Å²) in [6.07, 6.45) is 6.66. The zero-order valence-corrected chi connectivity index (χ0v) is 17.3. The van der Waals surface area contributed by atoms with E-state index < -0.39 is 17.2 Å². The van der Waals surface area contributed by atoms with Gasteiger partial charge in [-0.1, -0.05) is 18.2 Å². The summed E-state index contributed by atoms with van der Waals surface area (Å²) in [6.45, 7) is 3.57. The van der Waals surface area contributed by atoms with E-state index in [1.807, 2.05) is 0 Å². The van der Waals surface area contributed by atoms with Crippen LogP contribution in [-0.2, 0) is 16.0 Å². The minimum atomic E-state index is -0.587. The molecule has 0 bridgehead atoms. The number of rotatable bonds is 7. The first kappa shape index (κ1) is 20.8. The van der Waals surface area contributed by atoms with Crippen LogP contribution in [0.3, 0.4) is 0 Å². The third-order valence-electron chi connectivity index (χ3n) is 5.98. The lowest BCUT2D eigenvalue weighted by atomic mass is 10.2. The first-order valence-corrected chi connectivity index (χ1v) is 10.7. The average molecular weight is 412 g/mol. The second-order valence-corrected chi connectivity index (χ2v) is 8.27. The van der Waals surface area contributed by atoms with Gasteiger partial charge < -0.3 is 9.47 Å². The molecule has 1 aromatic carbocycles. The van der Waals surface area contributed by atoms with Gasteiger partial charge in [-0.05, 0) is 63.0 Å². The molecule has 0 radical (unpaired) electrons. The maximum Gasteiger partial charge on any atom is 0.338 e. The molecule has 2 aromatic rings. The Morgan fingerprint density at radius 1 is 1.17 bits per heavy atom. The van der Waals surface area contributed by atoms with Gasteiger partial charge in [-0.3, -0.25) is 14.2 Å². The first-order chi connectivity index (χ1) is 14.5. The van der Waals surface area contributed by atoms with E-state index in [-0.39, 0.29) is 6.29 Å². The molecule has 1 aliphatic heterocycles. The van der Waals surface area contributed by atoms with E-state index in [0.717, 1.165) is 43.3 Å². The molecule has 1 unspecified atom stereocenters.